The average molecular weight is 282 g/mol. The van der Waals surface area contributed by atoms with Crippen molar-refractivity contribution in [2.45, 2.75) is 5.88 Å². The second kappa shape index (κ2) is 6.12. The van der Waals surface area contributed by atoms with Gasteiger partial charge in [0, 0.05) is 7.05 Å². The van der Waals surface area contributed by atoms with E-state index < -0.39 is 0 Å². The van der Waals surface area contributed by atoms with E-state index in [1.807, 2.05) is 7.05 Å². The van der Waals surface area contributed by atoms with Crippen molar-refractivity contribution in [2.24, 2.45) is 7.05 Å². The number of nitrogens with zero attached hydrogens (tertiary/aromatic N) is 2. The first-order valence-corrected chi connectivity index (χ1v) is 3.81. The van der Waals surface area contributed by atoms with Gasteiger partial charge in [0.2, 0.25) is 0 Å². The first-order chi connectivity index (χ1) is 4.25. The van der Waals surface area contributed by atoms with Gasteiger partial charge in [0.15, 0.2) is 0 Å². The summed E-state index contributed by atoms with van der Waals surface area (Å²) in [5.74, 6) is 0.497. The molecule has 0 aliphatic heterocycles. The van der Waals surface area contributed by atoms with Gasteiger partial charge in [-0.15, -0.1) is 36.4 Å². The van der Waals surface area contributed by atoms with Crippen LogP contribution in [0, 0.1) is 0 Å². The minimum absolute atomic E-state index is 0. The number of hydrogen-bond donors (Lipinski definition) is 0. The fraction of sp³-hybridized carbons (Fsp3) is 0.400. The Kier molecular flexibility index (Phi) is 7.84. The zero-order chi connectivity index (χ0) is 6.85. The number of aryl methyl sites for hydroxylation is 1. The van der Waals surface area contributed by atoms with Gasteiger partial charge in [-0.1, -0.05) is 0 Å². The van der Waals surface area contributed by atoms with Crippen molar-refractivity contribution in [3.63, 3.8) is 0 Å². The molecule has 0 fully saturated rings. The zero-order valence-electron chi connectivity index (χ0n) is 5.75. The van der Waals surface area contributed by atoms with Crippen molar-refractivity contribution in [3.05, 3.63) is 16.4 Å². The molecule has 1 heterocycles. The second-order valence-electron chi connectivity index (χ2n) is 1.70. The van der Waals surface area contributed by atoms with E-state index in [1.165, 1.54) is 0 Å². The summed E-state index contributed by atoms with van der Waals surface area (Å²) in [4.78, 5) is 0. The van der Waals surface area contributed by atoms with E-state index in [9.17, 15) is 0 Å². The minimum Gasteiger partial charge on any atom is -0.270 e. The van der Waals surface area contributed by atoms with Crippen LogP contribution >= 0.6 is 52.3 Å². The van der Waals surface area contributed by atoms with Crippen molar-refractivity contribution in [2.75, 3.05) is 0 Å². The summed E-state index contributed by atoms with van der Waals surface area (Å²) in [6.45, 7) is 0. The molecule has 0 unspecified atom stereocenters. The molecule has 0 radical (unpaired) electrons. The Morgan fingerprint density at radius 1 is 1.64 bits per heavy atom. The summed E-state index contributed by atoms with van der Waals surface area (Å²) in [5.41, 5.74) is 1.01. The van der Waals surface area contributed by atoms with Gasteiger partial charge < -0.3 is 0 Å². The van der Waals surface area contributed by atoms with Crippen molar-refractivity contribution in [3.8, 4) is 0 Å². The van der Waals surface area contributed by atoms with Gasteiger partial charge in [-0.25, -0.2) is 0 Å². The number of halogens is 4. The first kappa shape index (κ1) is 14.1. The fourth-order valence-electron chi connectivity index (χ4n) is 0.586. The summed E-state index contributed by atoms with van der Waals surface area (Å²) >= 11 is 8.90. The molecule has 0 saturated carbocycles. The topological polar surface area (TPSA) is 17.8 Å². The number of rotatable bonds is 1. The van der Waals surface area contributed by atoms with Crippen LogP contribution in [0.4, 0.5) is 0 Å². The molecule has 0 aromatic carbocycles. The van der Waals surface area contributed by atoms with Crippen molar-refractivity contribution in [1.82, 2.24) is 9.78 Å². The van der Waals surface area contributed by atoms with Crippen LogP contribution in [0.5, 0.6) is 0 Å². The molecule has 0 spiro atoms. The van der Waals surface area contributed by atoms with Gasteiger partial charge >= 0.3 is 0 Å². The molecule has 1 rings (SSSR count). The maximum Gasteiger partial charge on any atom is 0.0670 e. The molecule has 0 amide bonds. The van der Waals surface area contributed by atoms with Crippen LogP contribution in [0.15, 0.2) is 10.7 Å². The Morgan fingerprint density at radius 3 is 2.36 bits per heavy atom. The van der Waals surface area contributed by atoms with E-state index in [0.29, 0.717) is 5.88 Å². The van der Waals surface area contributed by atoms with Crippen LogP contribution < -0.4 is 0 Å². The van der Waals surface area contributed by atoms with Crippen molar-refractivity contribution >= 4 is 52.3 Å². The predicted octanol–water partition coefficient (Wildman–Crippen LogP) is 2.77. The lowest BCUT2D eigenvalue weighted by Crippen LogP contribution is -1.94. The smallest absolute Gasteiger partial charge is 0.0670 e. The second-order valence-corrected chi connectivity index (χ2v) is 2.82. The molecule has 66 valence electrons. The summed E-state index contributed by atoms with van der Waals surface area (Å²) in [6, 6.07) is 0. The molecule has 1 aromatic heterocycles. The van der Waals surface area contributed by atoms with Crippen LogP contribution in [-0.4, -0.2) is 9.78 Å². The van der Waals surface area contributed by atoms with Gasteiger partial charge in [-0.05, 0) is 15.9 Å². The molecule has 0 bridgehead atoms. The molecule has 11 heavy (non-hydrogen) atoms. The van der Waals surface area contributed by atoms with Crippen molar-refractivity contribution in [1.29, 1.82) is 0 Å². The van der Waals surface area contributed by atoms with E-state index in [4.69, 9.17) is 11.6 Å². The lowest BCUT2D eigenvalue weighted by Gasteiger charge is -1.94. The molecule has 0 N–H and O–H groups in total. The lowest BCUT2D eigenvalue weighted by atomic mass is 10.5. The van der Waals surface area contributed by atoms with Crippen LogP contribution in [0.3, 0.4) is 0 Å². The first-order valence-electron chi connectivity index (χ1n) is 2.48. The largest absolute Gasteiger partial charge is 0.270 e. The fourth-order valence-corrected chi connectivity index (χ4v) is 1.55. The lowest BCUT2D eigenvalue weighted by molar-refractivity contribution is 0.734. The molecule has 2 nitrogen and oxygen atoms in total. The van der Waals surface area contributed by atoms with Crippen LogP contribution in [0.1, 0.15) is 5.69 Å². The highest BCUT2D eigenvalue weighted by Gasteiger charge is 2.01. The highest BCUT2D eigenvalue weighted by molar-refractivity contribution is 9.10. The third kappa shape index (κ3) is 3.20. The summed E-state index contributed by atoms with van der Waals surface area (Å²) in [6.07, 6.45) is 1.73. The maximum absolute atomic E-state index is 5.59. The number of aromatic nitrogens is 2. The predicted molar refractivity (Wildman–Crippen MR) is 55.0 cm³/mol. The summed E-state index contributed by atoms with van der Waals surface area (Å²) < 4.78 is 2.72. The molecule has 0 aliphatic carbocycles. The van der Waals surface area contributed by atoms with E-state index in [2.05, 4.69) is 21.0 Å². The van der Waals surface area contributed by atoms with E-state index in [-0.39, 0.29) is 24.8 Å². The summed E-state index contributed by atoms with van der Waals surface area (Å²) in [5, 5.41) is 3.97. The third-order valence-electron chi connectivity index (χ3n) is 1.14. The average Bonchev–Trinajstić information content (AvgIpc) is 2.12. The minimum atomic E-state index is 0. The zero-order valence-corrected chi connectivity index (χ0v) is 9.73. The number of hydrogen-bond acceptors (Lipinski definition) is 1. The van der Waals surface area contributed by atoms with E-state index >= 15 is 0 Å². The molecule has 0 saturated heterocycles. The molecule has 0 atom stereocenters. The standard InChI is InChI=1S/C5H6BrClN2.2ClH/c1-9-5(2-7)4(6)3-8-9;;/h3H,2H2,1H3;2*1H. The van der Waals surface area contributed by atoms with E-state index in [0.717, 1.165) is 10.2 Å². The Morgan fingerprint density at radius 2 is 2.18 bits per heavy atom. The molecule has 1 aromatic rings. The SMILES string of the molecule is Cl.Cl.Cn1ncc(Br)c1CCl. The van der Waals surface area contributed by atoms with Crippen LogP contribution in [0.25, 0.3) is 0 Å². The third-order valence-corrected chi connectivity index (χ3v) is 2.05. The van der Waals surface area contributed by atoms with Gasteiger partial charge in [-0.3, -0.25) is 4.68 Å². The Labute approximate surface area is 91.2 Å². The molecule has 6 heteroatoms. The highest BCUT2D eigenvalue weighted by Crippen LogP contribution is 2.16. The Balaban J connectivity index is 0. The highest BCUT2D eigenvalue weighted by atomic mass is 79.9. The Bertz CT molecular complexity index is 194. The van der Waals surface area contributed by atoms with Crippen molar-refractivity contribution < 1.29 is 0 Å². The quantitative estimate of drug-likeness (QED) is 0.724. The van der Waals surface area contributed by atoms with Crippen LogP contribution in [-0.2, 0) is 12.9 Å². The van der Waals surface area contributed by atoms with Gasteiger partial charge in [0.05, 0.1) is 22.2 Å². The molecular formula is C5H8BrCl3N2. The monoisotopic (exact) mass is 280 g/mol. The van der Waals surface area contributed by atoms with Gasteiger partial charge in [-0.2, -0.15) is 5.10 Å². The van der Waals surface area contributed by atoms with Gasteiger partial charge in [0.25, 0.3) is 0 Å². The molecular weight excluding hydrogens is 274 g/mol. The van der Waals surface area contributed by atoms with E-state index in [1.54, 1.807) is 10.9 Å². The number of alkyl halides is 1. The maximum atomic E-state index is 5.59. The summed E-state index contributed by atoms with van der Waals surface area (Å²) in [7, 11) is 1.86. The van der Waals surface area contributed by atoms with Crippen LogP contribution in [0.2, 0.25) is 0 Å². The normalized spacial score (nSPS) is 8.27. The molecule has 0 aliphatic rings. The van der Waals surface area contributed by atoms with Gasteiger partial charge in [0.1, 0.15) is 0 Å². The Hall–Kier alpha value is 0.560.